The molecule has 1 aromatic rings. The van der Waals surface area contributed by atoms with Crippen LogP contribution in [0.2, 0.25) is 0 Å². The van der Waals surface area contributed by atoms with Gasteiger partial charge in [0.25, 0.3) is 0 Å². The normalized spacial score (nSPS) is 19.2. The molecule has 4 nitrogen and oxygen atoms in total. The van der Waals surface area contributed by atoms with Gasteiger partial charge >= 0.3 is 0 Å². The molecule has 0 aliphatic carbocycles. The van der Waals surface area contributed by atoms with Crippen LogP contribution in [0.3, 0.4) is 0 Å². The third kappa shape index (κ3) is 2.09. The smallest absolute Gasteiger partial charge is 0.245 e. The second kappa shape index (κ2) is 4.46. The number of likely N-dealkylation sites (N-methyl/N-ethyl adjacent to an activating group) is 2. The molecule has 0 spiro atoms. The quantitative estimate of drug-likeness (QED) is 0.766. The van der Waals surface area contributed by atoms with Crippen LogP contribution in [-0.2, 0) is 4.79 Å². The number of rotatable bonds is 2. The van der Waals surface area contributed by atoms with Crippen LogP contribution < -0.4 is 4.90 Å². The molecular formula is C13H15N3O. The summed E-state index contributed by atoms with van der Waals surface area (Å²) in [6, 6.07) is 9.35. The number of carbonyl (C=O) groups excluding carboxylic acids is 1. The van der Waals surface area contributed by atoms with E-state index in [1.807, 2.05) is 37.2 Å². The van der Waals surface area contributed by atoms with Crippen molar-refractivity contribution in [3.05, 3.63) is 29.8 Å². The summed E-state index contributed by atoms with van der Waals surface area (Å²) in [4.78, 5) is 15.6. The second-order valence-corrected chi connectivity index (χ2v) is 4.34. The van der Waals surface area contributed by atoms with Crippen LogP contribution in [-0.4, -0.2) is 37.5 Å². The van der Waals surface area contributed by atoms with Gasteiger partial charge in [-0.3, -0.25) is 4.79 Å². The number of benzene rings is 1. The maximum atomic E-state index is 11.9. The number of nitrogens with zero attached hydrogens (tertiary/aromatic N) is 3. The molecule has 1 unspecified atom stereocenters. The number of nitriles is 1. The lowest BCUT2D eigenvalue weighted by molar-refractivity contribution is -0.127. The Morgan fingerprint density at radius 2 is 2.29 bits per heavy atom. The first-order chi connectivity index (χ1) is 8.13. The lowest BCUT2D eigenvalue weighted by atomic mass is 10.1. The van der Waals surface area contributed by atoms with Crippen molar-refractivity contribution in [3.8, 4) is 6.07 Å². The average Bonchev–Trinajstić information content (AvgIpc) is 2.69. The molecule has 0 N–H and O–H groups in total. The van der Waals surface area contributed by atoms with E-state index in [0.717, 1.165) is 18.7 Å². The Kier molecular flexibility index (Phi) is 3.01. The minimum Gasteiger partial charge on any atom is -0.363 e. The van der Waals surface area contributed by atoms with E-state index in [9.17, 15) is 4.79 Å². The molecule has 2 rings (SSSR count). The van der Waals surface area contributed by atoms with Crippen LogP contribution in [0.25, 0.3) is 0 Å². The van der Waals surface area contributed by atoms with Gasteiger partial charge in [-0.15, -0.1) is 0 Å². The summed E-state index contributed by atoms with van der Waals surface area (Å²) in [5.41, 5.74) is 1.53. The highest BCUT2D eigenvalue weighted by atomic mass is 16.2. The molecule has 17 heavy (non-hydrogen) atoms. The number of carbonyl (C=O) groups is 1. The summed E-state index contributed by atoms with van der Waals surface area (Å²) in [7, 11) is 3.72. The third-order valence-corrected chi connectivity index (χ3v) is 3.25. The molecule has 0 aromatic heterocycles. The standard InChI is InChI=1S/C13H15N3O/c1-15-7-6-12(13(15)17)16(2)11-5-3-4-10(8-11)9-14/h3-5,8,12H,6-7H2,1-2H3. The van der Waals surface area contributed by atoms with Gasteiger partial charge in [-0.25, -0.2) is 0 Å². The second-order valence-electron chi connectivity index (χ2n) is 4.34. The maximum Gasteiger partial charge on any atom is 0.245 e. The Labute approximate surface area is 101 Å². The van der Waals surface area contributed by atoms with Crippen molar-refractivity contribution in [1.29, 1.82) is 5.26 Å². The molecule has 1 aliphatic heterocycles. The number of likely N-dealkylation sites (tertiary alicyclic amines) is 1. The fraction of sp³-hybridized carbons (Fsp3) is 0.385. The molecule has 4 heteroatoms. The van der Waals surface area contributed by atoms with E-state index in [1.54, 1.807) is 11.0 Å². The number of amides is 1. The minimum atomic E-state index is -0.103. The van der Waals surface area contributed by atoms with E-state index in [0.29, 0.717) is 5.56 Å². The summed E-state index contributed by atoms with van der Waals surface area (Å²) in [5.74, 6) is 0.148. The molecule has 1 aromatic carbocycles. The fourth-order valence-corrected chi connectivity index (χ4v) is 2.14. The van der Waals surface area contributed by atoms with Crippen molar-refractivity contribution in [2.75, 3.05) is 25.5 Å². The van der Waals surface area contributed by atoms with Crippen molar-refractivity contribution in [3.63, 3.8) is 0 Å². The molecular weight excluding hydrogens is 214 g/mol. The molecule has 1 saturated heterocycles. The summed E-state index contributed by atoms with van der Waals surface area (Å²) < 4.78 is 0. The van der Waals surface area contributed by atoms with Crippen LogP contribution in [0, 0.1) is 11.3 Å². The summed E-state index contributed by atoms with van der Waals surface area (Å²) in [6.07, 6.45) is 0.836. The lowest BCUT2D eigenvalue weighted by Gasteiger charge is -2.25. The van der Waals surface area contributed by atoms with E-state index in [4.69, 9.17) is 5.26 Å². The van der Waals surface area contributed by atoms with E-state index in [1.165, 1.54) is 0 Å². The largest absolute Gasteiger partial charge is 0.363 e. The molecule has 88 valence electrons. The first-order valence-corrected chi connectivity index (χ1v) is 5.61. The molecule has 0 radical (unpaired) electrons. The van der Waals surface area contributed by atoms with E-state index >= 15 is 0 Å². The topological polar surface area (TPSA) is 47.3 Å². The Hall–Kier alpha value is -2.02. The highest BCUT2D eigenvalue weighted by Crippen LogP contribution is 2.22. The fourth-order valence-electron chi connectivity index (χ4n) is 2.14. The Morgan fingerprint density at radius 3 is 2.88 bits per heavy atom. The van der Waals surface area contributed by atoms with Gasteiger partial charge in [0.2, 0.25) is 5.91 Å². The van der Waals surface area contributed by atoms with Crippen LogP contribution in [0.5, 0.6) is 0 Å². The first kappa shape index (κ1) is 11.5. The maximum absolute atomic E-state index is 11.9. The van der Waals surface area contributed by atoms with E-state index in [2.05, 4.69) is 6.07 Å². The highest BCUT2D eigenvalue weighted by Gasteiger charge is 2.32. The number of hydrogen-bond donors (Lipinski definition) is 0. The molecule has 1 aliphatic rings. The third-order valence-electron chi connectivity index (χ3n) is 3.25. The Morgan fingerprint density at radius 1 is 1.53 bits per heavy atom. The van der Waals surface area contributed by atoms with E-state index in [-0.39, 0.29) is 11.9 Å². The van der Waals surface area contributed by atoms with Gasteiger partial charge in [0.15, 0.2) is 0 Å². The van der Waals surface area contributed by atoms with Gasteiger partial charge in [0, 0.05) is 26.3 Å². The summed E-state index contributed by atoms with van der Waals surface area (Å²) in [5, 5.41) is 8.86. The van der Waals surface area contributed by atoms with Crippen molar-refractivity contribution in [2.45, 2.75) is 12.5 Å². The molecule has 1 heterocycles. The van der Waals surface area contributed by atoms with Crippen molar-refractivity contribution in [2.24, 2.45) is 0 Å². The zero-order chi connectivity index (χ0) is 12.4. The van der Waals surface area contributed by atoms with Crippen LogP contribution in [0.1, 0.15) is 12.0 Å². The van der Waals surface area contributed by atoms with Gasteiger partial charge in [-0.2, -0.15) is 5.26 Å². The predicted molar refractivity (Wildman–Crippen MR) is 65.6 cm³/mol. The average molecular weight is 229 g/mol. The monoisotopic (exact) mass is 229 g/mol. The predicted octanol–water partition coefficient (Wildman–Crippen LogP) is 1.23. The van der Waals surface area contributed by atoms with Crippen molar-refractivity contribution < 1.29 is 4.79 Å². The molecule has 1 atom stereocenters. The summed E-state index contributed by atoms with van der Waals surface area (Å²) >= 11 is 0. The molecule has 0 saturated carbocycles. The number of anilines is 1. The molecule has 1 amide bonds. The first-order valence-electron chi connectivity index (χ1n) is 5.61. The molecule has 1 fully saturated rings. The highest BCUT2D eigenvalue weighted by molar-refractivity contribution is 5.87. The minimum absolute atomic E-state index is 0.103. The Bertz CT molecular complexity index is 478. The lowest BCUT2D eigenvalue weighted by Crippen LogP contribution is -2.38. The van der Waals surface area contributed by atoms with Gasteiger partial charge in [0.05, 0.1) is 11.6 Å². The zero-order valence-electron chi connectivity index (χ0n) is 10.1. The summed E-state index contributed by atoms with van der Waals surface area (Å²) in [6.45, 7) is 0.797. The van der Waals surface area contributed by atoms with Crippen LogP contribution in [0.4, 0.5) is 5.69 Å². The van der Waals surface area contributed by atoms with Crippen molar-refractivity contribution in [1.82, 2.24) is 4.90 Å². The van der Waals surface area contributed by atoms with E-state index < -0.39 is 0 Å². The number of hydrogen-bond acceptors (Lipinski definition) is 3. The molecule has 0 bridgehead atoms. The van der Waals surface area contributed by atoms with Gasteiger partial charge in [0.1, 0.15) is 6.04 Å². The zero-order valence-corrected chi connectivity index (χ0v) is 10.1. The van der Waals surface area contributed by atoms with Gasteiger partial charge < -0.3 is 9.80 Å². The van der Waals surface area contributed by atoms with Gasteiger partial charge in [-0.05, 0) is 24.6 Å². The van der Waals surface area contributed by atoms with Crippen LogP contribution in [0.15, 0.2) is 24.3 Å². The SMILES string of the molecule is CN1CCC(N(C)c2cccc(C#N)c2)C1=O. The van der Waals surface area contributed by atoms with Gasteiger partial charge in [-0.1, -0.05) is 6.07 Å². The Balaban J connectivity index is 2.22. The van der Waals surface area contributed by atoms with Crippen LogP contribution >= 0.6 is 0 Å². The van der Waals surface area contributed by atoms with Crippen molar-refractivity contribution >= 4 is 11.6 Å².